The summed E-state index contributed by atoms with van der Waals surface area (Å²) in [6.45, 7) is 7.21. The summed E-state index contributed by atoms with van der Waals surface area (Å²) in [5, 5.41) is 10.2. The number of nitrogens with zero attached hydrogens (tertiary/aromatic N) is 3. The lowest BCUT2D eigenvalue weighted by Crippen LogP contribution is -2.34. The number of para-hydroxylation sites is 1. The van der Waals surface area contributed by atoms with Crippen molar-refractivity contribution in [2.24, 2.45) is 0 Å². The van der Waals surface area contributed by atoms with Gasteiger partial charge in [-0.05, 0) is 56.7 Å². The topological polar surface area (TPSA) is 108 Å². The lowest BCUT2D eigenvalue weighted by Gasteiger charge is -2.19. The Morgan fingerprint density at radius 1 is 1.12 bits per heavy atom. The minimum Gasteiger partial charge on any atom is -0.490 e. The van der Waals surface area contributed by atoms with Gasteiger partial charge in [-0.15, -0.1) is 0 Å². The highest BCUT2D eigenvalue weighted by molar-refractivity contribution is 5.89. The van der Waals surface area contributed by atoms with E-state index in [1.54, 1.807) is 53.4 Å². The third-order valence-electron chi connectivity index (χ3n) is 5.03. The van der Waals surface area contributed by atoms with E-state index in [-0.39, 0.29) is 29.5 Å². The first-order valence-electron chi connectivity index (χ1n) is 10.8. The van der Waals surface area contributed by atoms with Crippen molar-refractivity contribution in [2.45, 2.75) is 20.8 Å². The molecular formula is C25H26N4O4. The molecule has 0 aliphatic rings. The van der Waals surface area contributed by atoms with Crippen LogP contribution in [-0.2, 0) is 4.79 Å². The smallest absolute Gasteiger partial charge is 0.260 e. The third kappa shape index (κ3) is 5.57. The predicted molar refractivity (Wildman–Crippen MR) is 127 cm³/mol. The third-order valence-corrected chi connectivity index (χ3v) is 5.03. The van der Waals surface area contributed by atoms with Gasteiger partial charge in [0, 0.05) is 13.1 Å². The number of H-pyrrole nitrogens is 1. The minimum atomic E-state index is -0.312. The number of fused-ring (bicyclic) bond motifs is 1. The number of ether oxygens (including phenoxy) is 2. The molecule has 0 aliphatic carbocycles. The highest BCUT2D eigenvalue weighted by Crippen LogP contribution is 2.30. The maximum Gasteiger partial charge on any atom is 0.260 e. The zero-order valence-electron chi connectivity index (χ0n) is 18.9. The predicted octanol–water partition coefficient (Wildman–Crippen LogP) is 3.63. The fourth-order valence-electron chi connectivity index (χ4n) is 3.34. The molecule has 0 bridgehead atoms. The minimum absolute atomic E-state index is 0.0946. The Morgan fingerprint density at radius 2 is 1.88 bits per heavy atom. The summed E-state index contributed by atoms with van der Waals surface area (Å²) in [6.07, 6.45) is 1.61. The van der Waals surface area contributed by atoms with Crippen molar-refractivity contribution in [3.63, 3.8) is 0 Å². The Labute approximate surface area is 192 Å². The number of nitriles is 1. The second-order valence-corrected chi connectivity index (χ2v) is 7.10. The molecule has 1 amide bonds. The summed E-state index contributed by atoms with van der Waals surface area (Å²) in [7, 11) is 0. The van der Waals surface area contributed by atoms with Crippen LogP contribution in [0.4, 0.5) is 0 Å². The molecule has 0 saturated carbocycles. The molecule has 0 atom stereocenters. The monoisotopic (exact) mass is 446 g/mol. The van der Waals surface area contributed by atoms with E-state index in [0.29, 0.717) is 47.7 Å². The quantitative estimate of drug-likeness (QED) is 0.503. The van der Waals surface area contributed by atoms with Crippen LogP contribution in [0.1, 0.15) is 32.2 Å². The first-order chi connectivity index (χ1) is 16.0. The van der Waals surface area contributed by atoms with Gasteiger partial charge in [0.1, 0.15) is 6.07 Å². The number of carbonyl (C=O) groups is 1. The van der Waals surface area contributed by atoms with Crippen molar-refractivity contribution in [1.29, 1.82) is 5.26 Å². The number of carbonyl (C=O) groups excluding carboxylic acids is 1. The van der Waals surface area contributed by atoms with Gasteiger partial charge < -0.3 is 19.4 Å². The van der Waals surface area contributed by atoms with Gasteiger partial charge in [0.25, 0.3) is 11.5 Å². The normalized spacial score (nSPS) is 11.2. The molecule has 8 nitrogen and oxygen atoms in total. The molecule has 2 aromatic carbocycles. The van der Waals surface area contributed by atoms with E-state index in [1.165, 1.54) is 0 Å². The largest absolute Gasteiger partial charge is 0.490 e. The van der Waals surface area contributed by atoms with Gasteiger partial charge >= 0.3 is 0 Å². The standard InChI is InChI=1S/C25H26N4O4/c1-4-29(5-2)23(30)16-33-21-12-11-17(14-22(21)32-6-3)13-18(15-26)24-27-20-10-8-7-9-19(20)25(31)28-24/h7-14H,4-6,16H2,1-3H3,(H,27,28,31)/b18-13-. The number of benzene rings is 2. The van der Waals surface area contributed by atoms with Crippen molar-refractivity contribution in [1.82, 2.24) is 14.9 Å². The molecule has 1 aromatic heterocycles. The van der Waals surface area contributed by atoms with Crippen molar-refractivity contribution < 1.29 is 14.3 Å². The first kappa shape index (κ1) is 23.5. The average Bonchev–Trinajstić information content (AvgIpc) is 2.83. The van der Waals surface area contributed by atoms with E-state index >= 15 is 0 Å². The van der Waals surface area contributed by atoms with Crippen molar-refractivity contribution in [3.05, 3.63) is 64.2 Å². The molecular weight excluding hydrogens is 420 g/mol. The lowest BCUT2D eigenvalue weighted by atomic mass is 10.1. The molecule has 0 fully saturated rings. The van der Waals surface area contributed by atoms with Gasteiger partial charge in [0.2, 0.25) is 0 Å². The first-order valence-corrected chi connectivity index (χ1v) is 10.8. The van der Waals surface area contributed by atoms with Gasteiger partial charge in [-0.25, -0.2) is 4.98 Å². The van der Waals surface area contributed by atoms with E-state index in [2.05, 4.69) is 16.0 Å². The number of hydrogen-bond donors (Lipinski definition) is 1. The molecule has 1 N–H and O–H groups in total. The summed E-state index contributed by atoms with van der Waals surface area (Å²) in [5.74, 6) is 0.968. The SMILES string of the molecule is CCOc1cc(/C=C(/C#N)c2nc3ccccc3c(=O)[nH]2)ccc1OCC(=O)N(CC)CC. The molecule has 3 aromatic rings. The van der Waals surface area contributed by atoms with Gasteiger partial charge in [0.15, 0.2) is 23.9 Å². The molecule has 3 rings (SSSR count). The van der Waals surface area contributed by atoms with E-state index in [1.807, 2.05) is 20.8 Å². The average molecular weight is 447 g/mol. The Morgan fingerprint density at radius 3 is 2.58 bits per heavy atom. The Bertz CT molecular complexity index is 1270. The van der Waals surface area contributed by atoms with Crippen LogP contribution in [-0.4, -0.2) is 47.1 Å². The van der Waals surface area contributed by atoms with Crippen LogP contribution < -0.4 is 15.0 Å². The van der Waals surface area contributed by atoms with Crippen LogP contribution in [0.5, 0.6) is 11.5 Å². The van der Waals surface area contributed by atoms with Crippen LogP contribution in [0.3, 0.4) is 0 Å². The number of allylic oxidation sites excluding steroid dienone is 1. The molecule has 0 unspecified atom stereocenters. The number of aromatic nitrogens is 2. The van der Waals surface area contributed by atoms with Crippen molar-refractivity contribution >= 4 is 28.5 Å². The van der Waals surface area contributed by atoms with Gasteiger partial charge in [0.05, 0.1) is 23.1 Å². The fourth-order valence-corrected chi connectivity index (χ4v) is 3.34. The second-order valence-electron chi connectivity index (χ2n) is 7.10. The Hall–Kier alpha value is -4.12. The summed E-state index contributed by atoms with van der Waals surface area (Å²) in [5.41, 5.74) is 1.06. The van der Waals surface area contributed by atoms with Crippen LogP contribution in [0, 0.1) is 11.3 Å². The maximum atomic E-state index is 12.4. The molecule has 0 spiro atoms. The number of nitrogens with one attached hydrogen (secondary N) is 1. The number of aromatic amines is 1. The summed E-state index contributed by atoms with van der Waals surface area (Å²) in [6, 6.07) is 14.2. The van der Waals surface area contributed by atoms with Crippen LogP contribution in [0.15, 0.2) is 47.3 Å². The van der Waals surface area contributed by atoms with Crippen LogP contribution in [0.25, 0.3) is 22.6 Å². The molecule has 0 aliphatic heterocycles. The van der Waals surface area contributed by atoms with E-state index in [0.717, 1.165) is 0 Å². The van der Waals surface area contributed by atoms with Crippen LogP contribution in [0.2, 0.25) is 0 Å². The lowest BCUT2D eigenvalue weighted by molar-refractivity contribution is -0.132. The molecule has 0 radical (unpaired) electrons. The Balaban J connectivity index is 1.91. The van der Waals surface area contributed by atoms with Crippen molar-refractivity contribution in [2.75, 3.05) is 26.3 Å². The maximum absolute atomic E-state index is 12.4. The summed E-state index contributed by atoms with van der Waals surface area (Å²) < 4.78 is 11.4. The number of likely N-dealkylation sites (N-methyl/N-ethyl adjacent to an activating group) is 1. The molecule has 8 heteroatoms. The van der Waals surface area contributed by atoms with E-state index < -0.39 is 0 Å². The van der Waals surface area contributed by atoms with E-state index in [4.69, 9.17) is 9.47 Å². The molecule has 1 heterocycles. The second kappa shape index (κ2) is 11.0. The molecule has 33 heavy (non-hydrogen) atoms. The van der Waals surface area contributed by atoms with Gasteiger partial charge in [-0.2, -0.15) is 5.26 Å². The zero-order chi connectivity index (χ0) is 23.8. The fraction of sp³-hybridized carbons (Fsp3) is 0.280. The van der Waals surface area contributed by atoms with Gasteiger partial charge in [-0.3, -0.25) is 9.59 Å². The highest BCUT2D eigenvalue weighted by Gasteiger charge is 2.14. The zero-order valence-corrected chi connectivity index (χ0v) is 18.9. The number of amides is 1. The molecule has 0 saturated heterocycles. The highest BCUT2D eigenvalue weighted by atomic mass is 16.5. The molecule has 170 valence electrons. The Kier molecular flexibility index (Phi) is 7.82. The van der Waals surface area contributed by atoms with Gasteiger partial charge in [-0.1, -0.05) is 18.2 Å². The summed E-state index contributed by atoms with van der Waals surface area (Å²) >= 11 is 0. The number of hydrogen-bond acceptors (Lipinski definition) is 6. The van der Waals surface area contributed by atoms with E-state index in [9.17, 15) is 14.9 Å². The summed E-state index contributed by atoms with van der Waals surface area (Å²) in [4.78, 5) is 33.4. The van der Waals surface area contributed by atoms with Crippen LogP contribution >= 0.6 is 0 Å². The van der Waals surface area contributed by atoms with Crippen molar-refractivity contribution in [3.8, 4) is 17.6 Å². The number of rotatable bonds is 9.